The lowest BCUT2D eigenvalue weighted by atomic mass is 9.39. The number of rotatable bonds is 11. The summed E-state index contributed by atoms with van der Waals surface area (Å²) in [5.74, 6) is 0.911. The fourth-order valence-electron chi connectivity index (χ4n) is 12.7. The topological polar surface area (TPSA) is 155 Å². The summed E-state index contributed by atoms with van der Waals surface area (Å²) in [7, 11) is 0. The number of ether oxygens (including phenoxy) is 1. The molecule has 4 aliphatic carbocycles. The summed E-state index contributed by atoms with van der Waals surface area (Å²) in [5, 5.41) is 38.6. The van der Waals surface area contributed by atoms with E-state index < -0.39 is 5.97 Å². The molecule has 0 amide bonds. The van der Waals surface area contributed by atoms with Crippen molar-refractivity contribution in [2.24, 2.45) is 16.2 Å². The molecule has 14 heteroatoms. The van der Waals surface area contributed by atoms with E-state index >= 15 is 0 Å². The molecule has 304 valence electrons. The van der Waals surface area contributed by atoms with Gasteiger partial charge in [-0.3, -0.25) is 4.68 Å². The number of hydrogen-bond acceptors (Lipinski definition) is 12. The summed E-state index contributed by atoms with van der Waals surface area (Å²) in [4.78, 5) is 26.9. The lowest BCUT2D eigenvalue weighted by Crippen LogP contribution is -2.64. The average molecular weight is 804 g/mol. The number of hydrogen-bond donors (Lipinski definition) is 3. The Balaban J connectivity index is 0.903. The van der Waals surface area contributed by atoms with Crippen molar-refractivity contribution in [2.45, 2.75) is 104 Å². The van der Waals surface area contributed by atoms with E-state index in [1.54, 1.807) is 12.1 Å². The number of nitrogens with zero attached hydrogens (tertiary/aromatic N) is 8. The van der Waals surface area contributed by atoms with Crippen LogP contribution in [0.3, 0.4) is 0 Å². The number of fused-ring (bicyclic) bond motifs is 2. The largest absolute Gasteiger partial charge is 0.508 e. The maximum absolute atomic E-state index is 12.9. The molecule has 3 N–H and O–H groups in total. The second-order valence-electron chi connectivity index (χ2n) is 19.0. The molecule has 0 spiro atoms. The SMILES string of the molecule is Cc1c(Nc2nc3cc(O)ccc3s2)nnc2c1CCCN2c1ccc(-c2cnn(CC34CC5(C)CC(C)(C3)CC(OCCN3CCCC3)(C5)C4)c2C)c(C(=O)O)n1. The Morgan fingerprint density at radius 2 is 1.72 bits per heavy atom. The van der Waals surface area contributed by atoms with Crippen LogP contribution in [0.1, 0.15) is 98.9 Å². The number of aromatic hydroxyl groups is 1. The third-order valence-corrected chi connectivity index (χ3v) is 14.8. The monoisotopic (exact) mass is 803 g/mol. The zero-order chi connectivity index (χ0) is 40.0. The summed E-state index contributed by atoms with van der Waals surface area (Å²) in [5.41, 5.74) is 5.49. The van der Waals surface area contributed by atoms with E-state index in [-0.39, 0.29) is 33.3 Å². The van der Waals surface area contributed by atoms with Gasteiger partial charge in [0, 0.05) is 53.6 Å². The standard InChI is InChI=1S/C44H53N9O4S/c1-27-30-8-7-15-52(38(30)50-49-37(27)48-40-46-33-18-29(54)9-11-34(33)58-40)35-12-10-31(36(47-35)39(55)56)32-19-45-53(28(32)2)26-43-21-41(3)20-42(4,22-43)24-44(23-41,25-43)57-17-16-51-13-5-6-14-51/h9-12,18-19,54H,5-8,13-17,20-26H2,1-4H3,(H,55,56)(H,46,48,49). The number of pyridine rings is 1. The lowest BCUT2D eigenvalue weighted by Gasteiger charge is -2.69. The highest BCUT2D eigenvalue weighted by Gasteiger charge is 2.66. The second kappa shape index (κ2) is 13.7. The van der Waals surface area contributed by atoms with Crippen molar-refractivity contribution in [1.29, 1.82) is 0 Å². The summed E-state index contributed by atoms with van der Waals surface area (Å²) < 4.78 is 10.1. The number of aromatic carboxylic acids is 1. The van der Waals surface area contributed by atoms with Gasteiger partial charge < -0.3 is 30.1 Å². The third kappa shape index (κ3) is 6.61. The van der Waals surface area contributed by atoms with Crippen LogP contribution in [-0.4, -0.2) is 89.4 Å². The lowest BCUT2D eigenvalue weighted by molar-refractivity contribution is -0.248. The van der Waals surface area contributed by atoms with Crippen LogP contribution in [0.5, 0.6) is 5.75 Å². The highest BCUT2D eigenvalue weighted by atomic mass is 32.1. The molecule has 1 saturated heterocycles. The molecular weight excluding hydrogens is 751 g/mol. The molecule has 5 fully saturated rings. The molecule has 6 aliphatic rings. The third-order valence-electron chi connectivity index (χ3n) is 13.9. The number of carbonyl (C=O) groups is 1. The molecule has 0 radical (unpaired) electrons. The summed E-state index contributed by atoms with van der Waals surface area (Å²) in [6, 6.07) is 8.92. The fourth-order valence-corrected chi connectivity index (χ4v) is 13.6. The molecule has 1 aromatic carbocycles. The van der Waals surface area contributed by atoms with Gasteiger partial charge in [0.1, 0.15) is 11.6 Å². The normalized spacial score (nSPS) is 27.8. The summed E-state index contributed by atoms with van der Waals surface area (Å²) >= 11 is 1.48. The quantitative estimate of drug-likeness (QED) is 0.117. The number of anilines is 4. The van der Waals surface area contributed by atoms with Gasteiger partial charge in [0.05, 0.1) is 28.6 Å². The van der Waals surface area contributed by atoms with Gasteiger partial charge in [-0.25, -0.2) is 14.8 Å². The Morgan fingerprint density at radius 1 is 0.931 bits per heavy atom. The molecule has 13 nitrogen and oxygen atoms in total. The van der Waals surface area contributed by atoms with Crippen molar-refractivity contribution < 1.29 is 19.7 Å². The Morgan fingerprint density at radius 3 is 2.50 bits per heavy atom. The first-order chi connectivity index (χ1) is 27.8. The van der Waals surface area contributed by atoms with Crippen LogP contribution in [0.25, 0.3) is 21.3 Å². The fraction of sp³-hybridized carbons (Fsp3) is 0.545. The van der Waals surface area contributed by atoms with Crippen LogP contribution in [0.2, 0.25) is 0 Å². The minimum atomic E-state index is -1.08. The number of carboxylic acid groups (broad SMARTS) is 1. The first kappa shape index (κ1) is 37.6. The molecule has 5 aromatic rings. The predicted molar refractivity (Wildman–Crippen MR) is 225 cm³/mol. The van der Waals surface area contributed by atoms with Crippen molar-refractivity contribution in [3.8, 4) is 16.9 Å². The van der Waals surface area contributed by atoms with Crippen molar-refractivity contribution in [3.05, 3.63) is 59.0 Å². The number of carboxylic acids is 1. The molecule has 11 rings (SSSR count). The van der Waals surface area contributed by atoms with Gasteiger partial charge in [0.2, 0.25) is 0 Å². The number of phenols is 1. The zero-order valence-electron chi connectivity index (χ0n) is 34.0. The molecule has 4 bridgehead atoms. The number of thiazole rings is 1. The van der Waals surface area contributed by atoms with E-state index in [1.165, 1.54) is 56.5 Å². The van der Waals surface area contributed by atoms with Gasteiger partial charge in [-0.2, -0.15) is 5.10 Å². The van der Waals surface area contributed by atoms with Crippen LogP contribution in [0.4, 0.5) is 22.6 Å². The molecular formula is C44H53N9O4S. The first-order valence-electron chi connectivity index (χ1n) is 20.9. The highest BCUT2D eigenvalue weighted by Crippen LogP contribution is 2.72. The minimum Gasteiger partial charge on any atom is -0.508 e. The molecule has 2 aliphatic heterocycles. The maximum atomic E-state index is 12.9. The van der Waals surface area contributed by atoms with Crippen LogP contribution in [-0.2, 0) is 17.7 Å². The van der Waals surface area contributed by atoms with Gasteiger partial charge >= 0.3 is 5.97 Å². The molecule has 6 heterocycles. The van der Waals surface area contributed by atoms with Gasteiger partial charge in [-0.1, -0.05) is 25.2 Å². The Hall–Kier alpha value is -4.66. The van der Waals surface area contributed by atoms with Crippen molar-refractivity contribution in [1.82, 2.24) is 34.8 Å². The molecule has 2 unspecified atom stereocenters. The van der Waals surface area contributed by atoms with Gasteiger partial charge in [0.15, 0.2) is 22.5 Å². The Labute approximate surface area is 342 Å². The van der Waals surface area contributed by atoms with E-state index in [0.29, 0.717) is 40.2 Å². The molecule has 4 aromatic heterocycles. The molecule has 2 atom stereocenters. The maximum Gasteiger partial charge on any atom is 0.355 e. The van der Waals surface area contributed by atoms with E-state index in [9.17, 15) is 15.0 Å². The van der Waals surface area contributed by atoms with Gasteiger partial charge in [0.25, 0.3) is 0 Å². The first-order valence-corrected chi connectivity index (χ1v) is 21.8. The Kier molecular flexibility index (Phi) is 8.88. The number of aromatic nitrogens is 6. The van der Waals surface area contributed by atoms with E-state index in [0.717, 1.165) is 78.9 Å². The smallest absolute Gasteiger partial charge is 0.355 e. The van der Waals surface area contributed by atoms with Crippen molar-refractivity contribution >= 4 is 50.1 Å². The number of likely N-dealkylation sites (tertiary alicyclic amines) is 1. The minimum absolute atomic E-state index is 0.00250. The van der Waals surface area contributed by atoms with Gasteiger partial charge in [-0.15, -0.1) is 10.2 Å². The number of benzene rings is 1. The summed E-state index contributed by atoms with van der Waals surface area (Å²) in [6.07, 6.45) is 13.0. The molecule has 4 saturated carbocycles. The molecule has 58 heavy (non-hydrogen) atoms. The van der Waals surface area contributed by atoms with Crippen LogP contribution >= 0.6 is 11.3 Å². The van der Waals surface area contributed by atoms with E-state index in [4.69, 9.17) is 14.8 Å². The van der Waals surface area contributed by atoms with E-state index in [2.05, 4.69) is 50.9 Å². The average Bonchev–Trinajstić information content (AvgIpc) is 3.91. The Bertz CT molecular complexity index is 2420. The van der Waals surface area contributed by atoms with E-state index in [1.807, 2.05) is 36.2 Å². The number of phenolic OH excluding ortho intramolecular Hbond substituents is 1. The second-order valence-corrected chi connectivity index (χ2v) is 20.0. The van der Waals surface area contributed by atoms with Gasteiger partial charge in [-0.05, 0) is 132 Å². The summed E-state index contributed by atoms with van der Waals surface area (Å²) in [6.45, 7) is 14.7. The highest BCUT2D eigenvalue weighted by molar-refractivity contribution is 7.22. The zero-order valence-corrected chi connectivity index (χ0v) is 34.8. The van der Waals surface area contributed by atoms with Crippen LogP contribution in [0, 0.1) is 30.1 Å². The van der Waals surface area contributed by atoms with Crippen molar-refractivity contribution in [2.75, 3.05) is 43.0 Å². The van der Waals surface area contributed by atoms with Crippen LogP contribution < -0.4 is 10.2 Å². The van der Waals surface area contributed by atoms with Crippen LogP contribution in [0.15, 0.2) is 36.5 Å². The number of nitrogens with one attached hydrogen (secondary N) is 1. The predicted octanol–water partition coefficient (Wildman–Crippen LogP) is 8.42. The van der Waals surface area contributed by atoms with Crippen molar-refractivity contribution in [3.63, 3.8) is 0 Å².